The van der Waals surface area contributed by atoms with Gasteiger partial charge in [0, 0.05) is 39.9 Å². The van der Waals surface area contributed by atoms with Crippen molar-refractivity contribution in [3.8, 4) is 0 Å². The molecule has 1 aromatic heterocycles. The lowest BCUT2D eigenvalue weighted by atomic mass is 10.0. The van der Waals surface area contributed by atoms with Crippen molar-refractivity contribution in [2.24, 2.45) is 23.9 Å². The van der Waals surface area contributed by atoms with Crippen molar-refractivity contribution >= 4 is 12.1 Å². The number of hydrogen-bond donors (Lipinski definition) is 2. The summed E-state index contributed by atoms with van der Waals surface area (Å²) in [5, 5.41) is 10.7. The summed E-state index contributed by atoms with van der Waals surface area (Å²) in [6, 6.07) is 0.0922. The van der Waals surface area contributed by atoms with Crippen LogP contribution in [0.5, 0.6) is 0 Å². The van der Waals surface area contributed by atoms with Gasteiger partial charge in [-0.2, -0.15) is 5.10 Å². The average molecular weight is 377 g/mol. The summed E-state index contributed by atoms with van der Waals surface area (Å²) in [6.07, 6.45) is 8.25. The third kappa shape index (κ3) is 5.61. The minimum Gasteiger partial charge on any atom is -0.450 e. The van der Waals surface area contributed by atoms with Gasteiger partial charge >= 0.3 is 6.09 Å². The number of ether oxygens (including phenoxy) is 1. The highest BCUT2D eigenvalue weighted by molar-refractivity contribution is 5.80. The summed E-state index contributed by atoms with van der Waals surface area (Å²) < 4.78 is 6.89. The summed E-state index contributed by atoms with van der Waals surface area (Å²) in [7, 11) is 3.78. The van der Waals surface area contributed by atoms with E-state index >= 15 is 0 Å². The highest BCUT2D eigenvalue weighted by atomic mass is 16.5. The van der Waals surface area contributed by atoms with E-state index in [1.807, 2.05) is 31.9 Å². The fourth-order valence-corrected chi connectivity index (χ4v) is 3.79. The molecule has 3 rings (SSSR count). The maximum absolute atomic E-state index is 11.8. The van der Waals surface area contributed by atoms with Gasteiger partial charge in [0.05, 0.1) is 18.8 Å². The first-order valence-corrected chi connectivity index (χ1v) is 9.95. The Morgan fingerprint density at radius 3 is 2.89 bits per heavy atom. The molecule has 1 aliphatic heterocycles. The second kappa shape index (κ2) is 9.10. The summed E-state index contributed by atoms with van der Waals surface area (Å²) >= 11 is 0. The second-order valence-electron chi connectivity index (χ2n) is 7.56. The molecular formula is C19H32N6O2. The zero-order valence-electron chi connectivity index (χ0n) is 16.6. The van der Waals surface area contributed by atoms with Crippen molar-refractivity contribution in [2.45, 2.75) is 38.6 Å². The summed E-state index contributed by atoms with van der Waals surface area (Å²) in [5.74, 6) is 2.07. The molecule has 2 fully saturated rings. The topological polar surface area (TPSA) is 83.8 Å². The first kappa shape index (κ1) is 19.5. The smallest absolute Gasteiger partial charge is 0.407 e. The number of hydrogen-bond acceptors (Lipinski definition) is 4. The third-order valence-electron chi connectivity index (χ3n) is 5.33. The van der Waals surface area contributed by atoms with Crippen LogP contribution in [0.15, 0.2) is 17.4 Å². The number of nitrogens with zero attached hydrogens (tertiary/aromatic N) is 4. The van der Waals surface area contributed by atoms with E-state index in [-0.39, 0.29) is 12.1 Å². The number of aromatic nitrogens is 2. The van der Waals surface area contributed by atoms with Crippen LogP contribution in [0.25, 0.3) is 0 Å². The first-order chi connectivity index (χ1) is 13.1. The molecule has 2 aliphatic rings. The zero-order chi connectivity index (χ0) is 19.2. The number of aliphatic imine (C=N–C) groups is 1. The second-order valence-corrected chi connectivity index (χ2v) is 7.56. The Labute approximate surface area is 161 Å². The predicted octanol–water partition coefficient (Wildman–Crippen LogP) is 1.38. The molecule has 0 bridgehead atoms. The van der Waals surface area contributed by atoms with E-state index < -0.39 is 0 Å². The number of alkyl carbamates (subject to hydrolysis) is 1. The molecule has 2 unspecified atom stereocenters. The zero-order valence-corrected chi connectivity index (χ0v) is 16.6. The van der Waals surface area contributed by atoms with E-state index in [0.717, 1.165) is 44.7 Å². The lowest BCUT2D eigenvalue weighted by Gasteiger charge is -2.25. The van der Waals surface area contributed by atoms with Gasteiger partial charge in [-0.05, 0) is 50.0 Å². The average Bonchev–Trinajstić information content (AvgIpc) is 3.26. The normalized spacial score (nSPS) is 21.2. The van der Waals surface area contributed by atoms with Gasteiger partial charge in [0.25, 0.3) is 0 Å². The molecule has 1 saturated carbocycles. The van der Waals surface area contributed by atoms with Gasteiger partial charge in [-0.25, -0.2) is 4.79 Å². The molecule has 2 heterocycles. The highest BCUT2D eigenvalue weighted by Gasteiger charge is 2.33. The Morgan fingerprint density at radius 2 is 2.26 bits per heavy atom. The summed E-state index contributed by atoms with van der Waals surface area (Å²) in [4.78, 5) is 18.5. The van der Waals surface area contributed by atoms with Crippen molar-refractivity contribution in [2.75, 3.05) is 33.3 Å². The van der Waals surface area contributed by atoms with Crippen molar-refractivity contribution in [3.63, 3.8) is 0 Å². The van der Waals surface area contributed by atoms with Crippen LogP contribution in [-0.4, -0.2) is 66.1 Å². The number of carbonyl (C=O) groups is 1. The van der Waals surface area contributed by atoms with Gasteiger partial charge in [-0.1, -0.05) is 0 Å². The third-order valence-corrected chi connectivity index (χ3v) is 5.33. The lowest BCUT2D eigenvalue weighted by molar-refractivity contribution is 0.146. The minimum absolute atomic E-state index is 0.0922. The van der Waals surface area contributed by atoms with E-state index in [4.69, 9.17) is 4.74 Å². The molecule has 0 aromatic carbocycles. The molecule has 1 saturated heterocycles. The van der Waals surface area contributed by atoms with Crippen LogP contribution in [0.1, 0.15) is 31.7 Å². The maximum Gasteiger partial charge on any atom is 0.407 e. The molecule has 2 atom stereocenters. The van der Waals surface area contributed by atoms with Gasteiger partial charge < -0.3 is 20.3 Å². The van der Waals surface area contributed by atoms with E-state index in [2.05, 4.69) is 31.8 Å². The molecule has 8 heteroatoms. The van der Waals surface area contributed by atoms with Crippen LogP contribution < -0.4 is 10.6 Å². The quantitative estimate of drug-likeness (QED) is 0.555. The first-order valence-electron chi connectivity index (χ1n) is 9.95. The molecule has 1 aromatic rings. The number of rotatable bonds is 7. The van der Waals surface area contributed by atoms with Crippen LogP contribution in [-0.2, 0) is 18.2 Å². The van der Waals surface area contributed by atoms with Crippen molar-refractivity contribution in [1.82, 2.24) is 25.3 Å². The van der Waals surface area contributed by atoms with E-state index in [0.29, 0.717) is 25.0 Å². The minimum atomic E-state index is -0.330. The largest absolute Gasteiger partial charge is 0.450 e. The number of nitrogens with one attached hydrogen (secondary N) is 2. The Hall–Kier alpha value is -2.25. The monoisotopic (exact) mass is 376 g/mol. The number of aryl methyl sites for hydroxylation is 1. The Balaban J connectivity index is 1.47. The van der Waals surface area contributed by atoms with Gasteiger partial charge in [-0.3, -0.25) is 9.67 Å². The van der Waals surface area contributed by atoms with E-state index in [1.165, 1.54) is 5.56 Å². The van der Waals surface area contributed by atoms with Crippen LogP contribution in [0.3, 0.4) is 0 Å². The number of guanidine groups is 1. The van der Waals surface area contributed by atoms with Crippen LogP contribution in [0.4, 0.5) is 4.79 Å². The standard InChI is InChI=1S/C19H32N6O2/c1-4-27-19(26)23-17(16-5-6-16)11-21-18(20-2)25-8-7-14(13-25)9-15-10-22-24(3)12-15/h10,12,14,16-17H,4-9,11,13H2,1-3H3,(H,20,21)(H,23,26). The molecule has 8 nitrogen and oxygen atoms in total. The molecule has 0 spiro atoms. The summed E-state index contributed by atoms with van der Waals surface area (Å²) in [6.45, 7) is 4.89. The fourth-order valence-electron chi connectivity index (χ4n) is 3.79. The maximum atomic E-state index is 11.8. The van der Waals surface area contributed by atoms with Crippen LogP contribution in [0, 0.1) is 11.8 Å². The molecular weight excluding hydrogens is 344 g/mol. The van der Waals surface area contributed by atoms with Gasteiger partial charge in [0.2, 0.25) is 0 Å². The van der Waals surface area contributed by atoms with E-state index in [9.17, 15) is 4.79 Å². The van der Waals surface area contributed by atoms with Crippen LogP contribution in [0.2, 0.25) is 0 Å². The van der Waals surface area contributed by atoms with Crippen molar-refractivity contribution in [3.05, 3.63) is 18.0 Å². The molecule has 2 N–H and O–H groups in total. The molecule has 1 amide bonds. The number of amides is 1. The van der Waals surface area contributed by atoms with Crippen LogP contribution >= 0.6 is 0 Å². The molecule has 150 valence electrons. The molecule has 0 radical (unpaired) electrons. The van der Waals surface area contributed by atoms with Crippen molar-refractivity contribution < 1.29 is 9.53 Å². The predicted molar refractivity (Wildman–Crippen MR) is 105 cm³/mol. The van der Waals surface area contributed by atoms with E-state index in [1.54, 1.807) is 0 Å². The van der Waals surface area contributed by atoms with Gasteiger partial charge in [0.15, 0.2) is 5.96 Å². The number of likely N-dealkylation sites (tertiary alicyclic amines) is 1. The molecule has 27 heavy (non-hydrogen) atoms. The molecule has 1 aliphatic carbocycles. The van der Waals surface area contributed by atoms with Gasteiger partial charge in [0.1, 0.15) is 0 Å². The fraction of sp³-hybridized carbons (Fsp3) is 0.737. The number of carbonyl (C=O) groups excluding carboxylic acids is 1. The Kier molecular flexibility index (Phi) is 6.58. The Morgan fingerprint density at radius 1 is 1.44 bits per heavy atom. The highest BCUT2D eigenvalue weighted by Crippen LogP contribution is 2.32. The summed E-state index contributed by atoms with van der Waals surface area (Å²) in [5.41, 5.74) is 1.29. The lowest BCUT2D eigenvalue weighted by Crippen LogP contribution is -2.49. The Bertz CT molecular complexity index is 654. The van der Waals surface area contributed by atoms with Crippen molar-refractivity contribution in [1.29, 1.82) is 0 Å². The SMILES string of the molecule is CCOC(=O)NC(CNC(=NC)N1CCC(Cc2cnn(C)c2)C1)C1CC1. The van der Waals surface area contributed by atoms with Gasteiger partial charge in [-0.15, -0.1) is 0 Å².